The largest absolute Gasteiger partial charge is 0.497 e. The van der Waals surface area contributed by atoms with Gasteiger partial charge in [-0.25, -0.2) is 0 Å². The Morgan fingerprint density at radius 3 is 2.50 bits per heavy atom. The van der Waals surface area contributed by atoms with Crippen LogP contribution >= 0.6 is 0 Å². The maximum Gasteiger partial charge on any atom is 0.118 e. The van der Waals surface area contributed by atoms with Crippen LogP contribution in [0, 0.1) is 11.8 Å². The van der Waals surface area contributed by atoms with Gasteiger partial charge in [0.1, 0.15) is 5.75 Å². The molecular formula is C10H7O2-. The highest BCUT2D eigenvalue weighted by Gasteiger charge is 1.85. The highest BCUT2D eigenvalue weighted by atomic mass is 16.5. The number of hydrogen-bond donors (Lipinski definition) is 0. The molecule has 0 saturated carbocycles. The van der Waals surface area contributed by atoms with E-state index in [1.54, 1.807) is 31.4 Å². The molecule has 0 N–H and O–H groups in total. The Kier molecular flexibility index (Phi) is 2.92. The second-order valence-electron chi connectivity index (χ2n) is 2.08. The molecule has 0 fully saturated rings. The molecule has 1 aromatic carbocycles. The van der Waals surface area contributed by atoms with Crippen molar-refractivity contribution in [2.45, 2.75) is 0 Å². The summed E-state index contributed by atoms with van der Waals surface area (Å²) in [6.45, 7) is 0. The summed E-state index contributed by atoms with van der Waals surface area (Å²) >= 11 is 0. The summed E-state index contributed by atoms with van der Waals surface area (Å²) in [6.07, 6.45) is 1.50. The van der Waals surface area contributed by atoms with Gasteiger partial charge in [-0.15, -0.1) is 0 Å². The van der Waals surface area contributed by atoms with E-state index in [1.165, 1.54) is 6.29 Å². The average molecular weight is 159 g/mol. The van der Waals surface area contributed by atoms with Crippen LogP contribution < -0.4 is 4.74 Å². The van der Waals surface area contributed by atoms with Gasteiger partial charge >= 0.3 is 0 Å². The molecule has 12 heavy (non-hydrogen) atoms. The zero-order valence-corrected chi connectivity index (χ0v) is 6.63. The van der Waals surface area contributed by atoms with E-state index in [-0.39, 0.29) is 0 Å². The third kappa shape index (κ3) is 2.14. The number of ether oxygens (including phenoxy) is 1. The van der Waals surface area contributed by atoms with Crippen LogP contribution in [0.3, 0.4) is 0 Å². The number of benzene rings is 1. The van der Waals surface area contributed by atoms with Gasteiger partial charge in [0.2, 0.25) is 0 Å². The highest BCUT2D eigenvalue weighted by molar-refractivity contribution is 5.74. The number of rotatable bonds is 1. The van der Waals surface area contributed by atoms with Crippen LogP contribution in [0.4, 0.5) is 0 Å². The minimum absolute atomic E-state index is 0.774. The average Bonchev–Trinajstić information content (AvgIpc) is 2.15. The zero-order chi connectivity index (χ0) is 8.81. The van der Waals surface area contributed by atoms with Crippen molar-refractivity contribution < 1.29 is 9.53 Å². The minimum atomic E-state index is 0.774. The van der Waals surface area contributed by atoms with E-state index < -0.39 is 0 Å². The predicted octanol–water partition coefficient (Wildman–Crippen LogP) is 1.16. The monoisotopic (exact) mass is 159 g/mol. The van der Waals surface area contributed by atoms with E-state index in [9.17, 15) is 4.79 Å². The van der Waals surface area contributed by atoms with Crippen LogP contribution in [0.1, 0.15) is 5.56 Å². The minimum Gasteiger partial charge on any atom is -0.497 e. The molecule has 2 heteroatoms. The summed E-state index contributed by atoms with van der Waals surface area (Å²) < 4.78 is 4.95. The third-order valence-electron chi connectivity index (χ3n) is 1.35. The molecule has 0 heterocycles. The molecule has 2 nitrogen and oxygen atoms in total. The Labute approximate surface area is 71.2 Å². The topological polar surface area (TPSA) is 26.3 Å². The molecule has 1 aromatic rings. The maximum atomic E-state index is 9.78. The predicted molar refractivity (Wildman–Crippen MR) is 45.6 cm³/mol. The first-order chi connectivity index (χ1) is 5.86. The van der Waals surface area contributed by atoms with Gasteiger partial charge in [-0.2, -0.15) is 0 Å². The molecule has 0 aliphatic heterocycles. The summed E-state index contributed by atoms with van der Waals surface area (Å²) in [7, 11) is 1.60. The standard InChI is InChI=1S/C10H7O2/c1-12-10-6-4-9(5-7-10)3-2-8-11/h4-7H,1H3/q-1. The normalized spacial score (nSPS) is 8.08. The first-order valence-electron chi connectivity index (χ1n) is 3.39. The van der Waals surface area contributed by atoms with Crippen LogP contribution in [0.2, 0.25) is 0 Å². The van der Waals surface area contributed by atoms with Crippen LogP contribution in [0.25, 0.3) is 0 Å². The molecular weight excluding hydrogens is 152 g/mol. The lowest BCUT2D eigenvalue weighted by molar-refractivity contribution is 0.415. The first-order valence-corrected chi connectivity index (χ1v) is 3.39. The van der Waals surface area contributed by atoms with Crippen molar-refractivity contribution in [2.75, 3.05) is 7.11 Å². The molecule has 0 aliphatic rings. The van der Waals surface area contributed by atoms with Crippen LogP contribution in [0.5, 0.6) is 5.75 Å². The van der Waals surface area contributed by atoms with E-state index in [0.717, 1.165) is 11.3 Å². The van der Waals surface area contributed by atoms with Crippen molar-refractivity contribution in [3.8, 4) is 17.6 Å². The van der Waals surface area contributed by atoms with Gasteiger partial charge in [0.05, 0.1) is 7.11 Å². The van der Waals surface area contributed by atoms with Crippen molar-refractivity contribution in [1.29, 1.82) is 0 Å². The number of hydrogen-bond acceptors (Lipinski definition) is 2. The first kappa shape index (κ1) is 8.35. The number of carbonyl (C=O) groups excluding carboxylic acids is 1. The van der Waals surface area contributed by atoms with Crippen molar-refractivity contribution in [1.82, 2.24) is 0 Å². The van der Waals surface area contributed by atoms with Crippen LogP contribution in [-0.2, 0) is 4.79 Å². The lowest BCUT2D eigenvalue weighted by Crippen LogP contribution is -1.81. The summed E-state index contributed by atoms with van der Waals surface area (Å²) in [5.74, 6) is 5.60. The van der Waals surface area contributed by atoms with Crippen LogP contribution in [0.15, 0.2) is 24.3 Å². The van der Waals surface area contributed by atoms with Gasteiger partial charge in [-0.05, 0) is 12.1 Å². The Morgan fingerprint density at radius 1 is 1.33 bits per heavy atom. The van der Waals surface area contributed by atoms with E-state index in [2.05, 4.69) is 11.8 Å². The smallest absolute Gasteiger partial charge is 0.118 e. The molecule has 0 amide bonds. The Balaban J connectivity index is 2.84. The second kappa shape index (κ2) is 4.20. The fourth-order valence-electron chi connectivity index (χ4n) is 0.772. The molecule has 0 spiro atoms. The van der Waals surface area contributed by atoms with Gasteiger partial charge in [0, 0.05) is 6.29 Å². The molecule has 0 saturated heterocycles. The molecule has 60 valence electrons. The quantitative estimate of drug-likeness (QED) is 0.454. The van der Waals surface area contributed by atoms with Crippen molar-refractivity contribution >= 4 is 6.29 Å². The van der Waals surface area contributed by atoms with E-state index >= 15 is 0 Å². The summed E-state index contributed by atoms with van der Waals surface area (Å²) in [5.41, 5.74) is 0.777. The Morgan fingerprint density at radius 2 is 2.00 bits per heavy atom. The van der Waals surface area contributed by atoms with Crippen molar-refractivity contribution in [3.05, 3.63) is 29.8 Å². The Hall–Kier alpha value is -1.75. The third-order valence-corrected chi connectivity index (χ3v) is 1.35. The van der Waals surface area contributed by atoms with Gasteiger partial charge < -0.3 is 9.53 Å². The van der Waals surface area contributed by atoms with Crippen molar-refractivity contribution in [2.24, 2.45) is 0 Å². The zero-order valence-electron chi connectivity index (χ0n) is 6.63. The molecule has 1 rings (SSSR count). The van der Waals surface area contributed by atoms with Crippen molar-refractivity contribution in [3.63, 3.8) is 0 Å². The van der Waals surface area contributed by atoms with Gasteiger partial charge in [0.15, 0.2) is 0 Å². The summed E-state index contributed by atoms with van der Waals surface area (Å²) in [4.78, 5) is 9.78. The molecule has 0 aliphatic carbocycles. The summed E-state index contributed by atoms with van der Waals surface area (Å²) in [5, 5.41) is 0. The maximum absolute atomic E-state index is 9.78. The highest BCUT2D eigenvalue weighted by Crippen LogP contribution is 2.09. The van der Waals surface area contributed by atoms with Gasteiger partial charge in [0.25, 0.3) is 0 Å². The Bertz CT molecular complexity index is 314. The molecule has 0 aromatic heterocycles. The lowest BCUT2D eigenvalue weighted by atomic mass is 10.2. The van der Waals surface area contributed by atoms with Gasteiger partial charge in [-0.3, -0.25) is 11.8 Å². The van der Waals surface area contributed by atoms with E-state index in [0.29, 0.717) is 0 Å². The van der Waals surface area contributed by atoms with E-state index in [4.69, 9.17) is 4.74 Å². The second-order valence-corrected chi connectivity index (χ2v) is 2.08. The fraction of sp³-hybridized carbons (Fsp3) is 0.100. The fourth-order valence-corrected chi connectivity index (χ4v) is 0.772. The molecule has 0 atom stereocenters. The SMILES string of the molecule is COc1ccc(C#C[C-]=O)cc1. The lowest BCUT2D eigenvalue weighted by Gasteiger charge is -2.00. The molecule has 0 radical (unpaired) electrons. The van der Waals surface area contributed by atoms with Gasteiger partial charge in [-0.1, -0.05) is 17.7 Å². The molecule has 0 bridgehead atoms. The number of methoxy groups -OCH3 is 1. The summed E-state index contributed by atoms with van der Waals surface area (Å²) in [6, 6.07) is 7.13. The van der Waals surface area contributed by atoms with Crippen LogP contribution in [-0.4, -0.2) is 13.4 Å². The molecule has 0 unspecified atom stereocenters. The van der Waals surface area contributed by atoms with E-state index in [1.807, 2.05) is 0 Å².